The monoisotopic (exact) mass is 284 g/mol. The van der Waals surface area contributed by atoms with Gasteiger partial charge in [0.15, 0.2) is 0 Å². The van der Waals surface area contributed by atoms with Crippen LogP contribution in [0, 0.1) is 0 Å². The minimum Gasteiger partial charge on any atom is -0.857 e. The molecule has 0 aromatic carbocycles. The van der Waals surface area contributed by atoms with E-state index in [9.17, 15) is 0 Å². The maximum absolute atomic E-state index is 8.25. The molecule has 0 radical (unpaired) electrons. The summed E-state index contributed by atoms with van der Waals surface area (Å²) in [6.45, 7) is 0. The molecule has 0 atom stereocenters. The molecule has 0 aromatic rings. The summed E-state index contributed by atoms with van der Waals surface area (Å²) in [5.74, 6) is 0. The van der Waals surface area contributed by atoms with Crippen molar-refractivity contribution in [3.05, 3.63) is 0 Å². The van der Waals surface area contributed by atoms with Crippen LogP contribution in [0.4, 0.5) is 0 Å². The zero-order chi connectivity index (χ0) is 12.0. The molecule has 0 aliphatic carbocycles. The second-order valence-corrected chi connectivity index (χ2v) is 0. The Hall–Kier alpha value is 0.448. The average molecular weight is 282 g/mol. The van der Waals surface area contributed by atoms with Crippen molar-refractivity contribution in [2.75, 3.05) is 42.7 Å². The van der Waals surface area contributed by atoms with Crippen LogP contribution in [0.1, 0.15) is 0 Å². The summed E-state index contributed by atoms with van der Waals surface area (Å²) in [4.78, 5) is 0. The quantitative estimate of drug-likeness (QED) is 0.405. The summed E-state index contributed by atoms with van der Waals surface area (Å²) < 4.78 is 0. The summed E-state index contributed by atoms with van der Waals surface area (Å²) in [5.41, 5.74) is 0. The topological polar surface area (TPSA) is 138 Å². The molecule has 0 unspecified atom stereocenters. The summed E-state index contributed by atoms with van der Waals surface area (Å²) in [5, 5.41) is 49.5. The van der Waals surface area contributed by atoms with E-state index in [0.29, 0.717) is 0 Å². The summed E-state index contributed by atoms with van der Waals surface area (Å²) >= 11 is 0. The van der Waals surface area contributed by atoms with Gasteiger partial charge in [0.1, 0.15) is 0 Å². The van der Waals surface area contributed by atoms with Gasteiger partial charge in [0.25, 0.3) is 0 Å². The summed E-state index contributed by atoms with van der Waals surface area (Å²) in [6.07, 6.45) is 0. The van der Waals surface area contributed by atoms with Crippen molar-refractivity contribution in [3.8, 4) is 0 Å². The van der Waals surface area contributed by atoms with Crippen LogP contribution in [0.3, 0.4) is 0 Å². The fourth-order valence-corrected chi connectivity index (χ4v) is 0. The maximum Gasteiger partial charge on any atom is 0 e. The first-order valence-electron chi connectivity index (χ1n) is 2.45. The van der Waals surface area contributed by atoms with E-state index in [1.165, 1.54) is 0 Å². The molecule has 0 N–H and O–H groups in total. The van der Waals surface area contributed by atoms with Gasteiger partial charge in [-0.25, -0.2) is 0 Å². The first kappa shape index (κ1) is 50.1. The van der Waals surface area contributed by atoms with Crippen molar-refractivity contribution in [3.63, 3.8) is 0 Å². The van der Waals surface area contributed by atoms with Crippen LogP contribution in [0.2, 0.25) is 0 Å². The van der Waals surface area contributed by atoms with Crippen molar-refractivity contribution in [1.82, 2.24) is 0 Å². The van der Waals surface area contributed by atoms with E-state index in [4.69, 9.17) is 30.6 Å². The number of rotatable bonds is 0. The fraction of sp³-hybridized carbons (Fsp3) is 1.00. The fourth-order valence-electron chi connectivity index (χ4n) is 0. The zero-order valence-electron chi connectivity index (χ0n) is 8.86. The Morgan fingerprint density at radius 1 is 0.308 bits per heavy atom. The Morgan fingerprint density at radius 3 is 0.308 bits per heavy atom. The van der Waals surface area contributed by atoms with Gasteiger partial charge in [0.2, 0.25) is 0 Å². The van der Waals surface area contributed by atoms with Crippen molar-refractivity contribution < 1.29 is 51.7 Å². The molecule has 0 rings (SSSR count). The molecule has 7 heteroatoms. The first-order chi connectivity index (χ1) is 6.00. The standard InChI is InChI=1S/6CH3O.Mo/c6*1-2;/h6*1H3;/q6*-1;. The Balaban J connectivity index is -0.00000000655. The van der Waals surface area contributed by atoms with E-state index < -0.39 is 0 Å². The van der Waals surface area contributed by atoms with Gasteiger partial charge in [-0.05, 0) is 0 Å². The molecular weight excluding hydrogens is 264 g/mol. The van der Waals surface area contributed by atoms with Gasteiger partial charge < -0.3 is 30.6 Å². The van der Waals surface area contributed by atoms with Crippen molar-refractivity contribution in [2.24, 2.45) is 0 Å². The van der Waals surface area contributed by atoms with E-state index >= 15 is 0 Å². The van der Waals surface area contributed by atoms with Crippen LogP contribution < -0.4 is 30.6 Å². The first-order valence-corrected chi connectivity index (χ1v) is 2.45. The minimum absolute atomic E-state index is 0. The molecule has 0 aliphatic heterocycles. The van der Waals surface area contributed by atoms with Gasteiger partial charge in [-0.1, -0.05) is 0 Å². The molecular formula is C6H18MoO6-6. The Bertz CT molecular complexity index is 17.1. The normalized spacial score (nSPS) is 2.77. The molecule has 90 valence electrons. The molecule has 0 fully saturated rings. The third kappa shape index (κ3) is 6760. The molecule has 0 aliphatic rings. The van der Waals surface area contributed by atoms with Crippen molar-refractivity contribution >= 4 is 0 Å². The molecule has 0 saturated carbocycles. The van der Waals surface area contributed by atoms with Crippen molar-refractivity contribution in [1.29, 1.82) is 0 Å². The Kier molecular flexibility index (Phi) is 31300. The van der Waals surface area contributed by atoms with Gasteiger partial charge >= 0.3 is 0 Å². The molecule has 13 heavy (non-hydrogen) atoms. The van der Waals surface area contributed by atoms with Crippen LogP contribution in [-0.4, -0.2) is 42.7 Å². The SMILES string of the molecule is C[O-].C[O-].C[O-].C[O-].C[O-].C[O-].[Mo]. The van der Waals surface area contributed by atoms with Gasteiger partial charge in [-0.2, -0.15) is 42.7 Å². The third-order valence-electron chi connectivity index (χ3n) is 0. The van der Waals surface area contributed by atoms with Crippen LogP contribution >= 0.6 is 0 Å². The van der Waals surface area contributed by atoms with E-state index in [1.807, 2.05) is 0 Å². The average Bonchev–Trinajstić information content (AvgIpc) is 2.33. The molecule has 0 saturated heterocycles. The summed E-state index contributed by atoms with van der Waals surface area (Å²) in [6, 6.07) is 0. The van der Waals surface area contributed by atoms with Gasteiger partial charge in [0, 0.05) is 21.1 Å². The molecule has 0 bridgehead atoms. The van der Waals surface area contributed by atoms with E-state index in [1.54, 1.807) is 0 Å². The predicted octanol–water partition coefficient (Wildman–Crippen LogP) is -6.14. The second kappa shape index (κ2) is 8120. The van der Waals surface area contributed by atoms with Crippen molar-refractivity contribution in [2.45, 2.75) is 0 Å². The van der Waals surface area contributed by atoms with E-state index in [2.05, 4.69) is 0 Å². The molecule has 0 aromatic heterocycles. The van der Waals surface area contributed by atoms with Crippen LogP contribution in [0.15, 0.2) is 0 Å². The molecule has 6 nitrogen and oxygen atoms in total. The summed E-state index contributed by atoms with van der Waals surface area (Å²) in [7, 11) is 4.50. The zero-order valence-corrected chi connectivity index (χ0v) is 10.9. The second-order valence-electron chi connectivity index (χ2n) is 0. The van der Waals surface area contributed by atoms with E-state index in [-0.39, 0.29) is 21.1 Å². The smallest absolute Gasteiger partial charge is 0 e. The Labute approximate surface area is 94.7 Å². The van der Waals surface area contributed by atoms with Crippen LogP contribution in [0.5, 0.6) is 0 Å². The maximum atomic E-state index is 8.25. The number of hydrogen-bond donors (Lipinski definition) is 0. The largest absolute Gasteiger partial charge is 0.857 e. The van der Waals surface area contributed by atoms with Gasteiger partial charge in [-0.15, -0.1) is 0 Å². The third-order valence-corrected chi connectivity index (χ3v) is 0. The number of hydrogen-bond acceptors (Lipinski definition) is 6. The van der Waals surface area contributed by atoms with E-state index in [0.717, 1.165) is 42.7 Å². The molecule has 0 amide bonds. The molecule has 0 spiro atoms. The van der Waals surface area contributed by atoms with Crippen LogP contribution in [-0.2, 0) is 21.1 Å². The minimum atomic E-state index is 0. The molecule has 0 heterocycles. The van der Waals surface area contributed by atoms with Gasteiger partial charge in [0.05, 0.1) is 0 Å². The van der Waals surface area contributed by atoms with Gasteiger partial charge in [-0.3, -0.25) is 0 Å². The predicted molar refractivity (Wildman–Crippen MR) is 35.5 cm³/mol. The van der Waals surface area contributed by atoms with Crippen LogP contribution in [0.25, 0.3) is 0 Å². The Morgan fingerprint density at radius 2 is 0.308 bits per heavy atom.